The second-order valence-corrected chi connectivity index (χ2v) is 4.02. The molecule has 1 heterocycles. The molecule has 0 fully saturated rings. The Kier molecular flexibility index (Phi) is 3.72. The molecule has 0 radical (unpaired) electrons. The minimum Gasteiger partial charge on any atom is -0.461 e. The van der Waals surface area contributed by atoms with Crippen LogP contribution in [-0.2, 0) is 4.79 Å². The lowest BCUT2D eigenvalue weighted by molar-refractivity contribution is -0.117. The number of carbonyl (C=O) groups excluding carboxylic acids is 1. The van der Waals surface area contributed by atoms with Crippen LogP contribution in [0.2, 0.25) is 0 Å². The third-order valence-corrected chi connectivity index (χ3v) is 2.52. The summed E-state index contributed by atoms with van der Waals surface area (Å²) in [5.41, 5.74) is 0.974. The van der Waals surface area contributed by atoms with Crippen molar-refractivity contribution in [2.75, 3.05) is 0 Å². The minimum atomic E-state index is -0.125. The topological polar surface area (TPSA) is 42.6 Å². The zero-order valence-electron chi connectivity index (χ0n) is 10.5. The molecule has 2 aromatic rings. The maximum absolute atomic E-state index is 11.3. The zero-order chi connectivity index (χ0) is 13.0. The van der Waals surface area contributed by atoms with E-state index in [1.54, 1.807) is 19.1 Å². The molecule has 0 atom stereocenters. The van der Waals surface area contributed by atoms with Crippen LogP contribution in [0, 0.1) is 6.92 Å². The molecule has 1 amide bonds. The van der Waals surface area contributed by atoms with Crippen molar-refractivity contribution in [3.63, 3.8) is 0 Å². The lowest BCUT2D eigenvalue weighted by Crippen LogP contribution is -2.06. The van der Waals surface area contributed by atoms with Crippen molar-refractivity contribution in [1.82, 2.24) is 0 Å². The van der Waals surface area contributed by atoms with E-state index in [1.807, 2.05) is 37.3 Å². The first-order valence-electron chi connectivity index (χ1n) is 5.94. The highest BCUT2D eigenvalue weighted by Gasteiger charge is 2.02. The van der Waals surface area contributed by atoms with E-state index in [4.69, 9.17) is 4.42 Å². The molecule has 0 unspecified atom stereocenters. The largest absolute Gasteiger partial charge is 0.461 e. The fourth-order valence-corrected chi connectivity index (χ4v) is 1.65. The summed E-state index contributed by atoms with van der Waals surface area (Å²) in [7, 11) is 0. The minimum absolute atomic E-state index is 0.125. The third-order valence-electron chi connectivity index (χ3n) is 2.52. The third kappa shape index (κ3) is 2.94. The highest BCUT2D eigenvalue weighted by Crippen LogP contribution is 2.17. The second kappa shape index (κ2) is 5.45. The molecule has 3 nitrogen and oxygen atoms in total. The lowest BCUT2D eigenvalue weighted by Gasteiger charge is -2.02. The molecular formula is C15H15NO2. The summed E-state index contributed by atoms with van der Waals surface area (Å²) in [5.74, 6) is 1.33. The van der Waals surface area contributed by atoms with E-state index in [1.165, 1.54) is 0 Å². The summed E-state index contributed by atoms with van der Waals surface area (Å²) >= 11 is 0. The van der Waals surface area contributed by atoms with E-state index in [9.17, 15) is 4.79 Å². The first-order valence-corrected chi connectivity index (χ1v) is 5.94. The number of nitrogens with zero attached hydrogens (tertiary/aromatic N) is 1. The zero-order valence-corrected chi connectivity index (χ0v) is 10.5. The second-order valence-electron chi connectivity index (χ2n) is 4.02. The number of rotatable bonds is 2. The van der Waals surface area contributed by atoms with Crippen LogP contribution in [0.4, 0.5) is 0 Å². The van der Waals surface area contributed by atoms with Crippen molar-refractivity contribution < 1.29 is 9.21 Å². The van der Waals surface area contributed by atoms with Gasteiger partial charge in [-0.2, -0.15) is 0 Å². The van der Waals surface area contributed by atoms with E-state index in [-0.39, 0.29) is 5.91 Å². The Morgan fingerprint density at radius 1 is 1.22 bits per heavy atom. The van der Waals surface area contributed by atoms with Crippen molar-refractivity contribution in [3.05, 3.63) is 53.6 Å². The summed E-state index contributed by atoms with van der Waals surface area (Å²) in [6.45, 7) is 3.64. The quantitative estimate of drug-likeness (QED) is 0.810. The number of amides is 1. The Morgan fingerprint density at radius 2 is 1.94 bits per heavy atom. The molecule has 0 spiro atoms. The summed E-state index contributed by atoms with van der Waals surface area (Å²) in [6.07, 6.45) is 0.408. The van der Waals surface area contributed by atoms with Crippen LogP contribution < -0.4 is 5.36 Å². The van der Waals surface area contributed by atoms with E-state index in [2.05, 4.69) is 4.99 Å². The van der Waals surface area contributed by atoms with Crippen molar-refractivity contribution in [2.24, 2.45) is 4.99 Å². The highest BCUT2D eigenvalue weighted by molar-refractivity contribution is 5.76. The predicted octanol–water partition coefficient (Wildman–Crippen LogP) is 3.09. The van der Waals surface area contributed by atoms with E-state index in [0.29, 0.717) is 11.8 Å². The molecule has 1 aromatic heterocycles. The van der Waals surface area contributed by atoms with Gasteiger partial charge in [0.05, 0.1) is 5.36 Å². The van der Waals surface area contributed by atoms with Gasteiger partial charge in [-0.1, -0.05) is 37.3 Å². The Morgan fingerprint density at radius 3 is 2.61 bits per heavy atom. The Hall–Kier alpha value is -2.16. The summed E-state index contributed by atoms with van der Waals surface area (Å²) in [5, 5.41) is 0.643. The van der Waals surface area contributed by atoms with Crippen molar-refractivity contribution in [2.45, 2.75) is 20.3 Å². The predicted molar refractivity (Wildman–Crippen MR) is 69.7 cm³/mol. The molecular weight excluding hydrogens is 226 g/mol. The van der Waals surface area contributed by atoms with Gasteiger partial charge in [0.25, 0.3) is 0 Å². The first-order chi connectivity index (χ1) is 8.69. The van der Waals surface area contributed by atoms with Gasteiger partial charge in [0.1, 0.15) is 11.5 Å². The molecule has 0 aliphatic rings. The van der Waals surface area contributed by atoms with Crippen LogP contribution in [0.15, 0.2) is 51.9 Å². The normalized spacial score (nSPS) is 11.6. The van der Waals surface area contributed by atoms with Gasteiger partial charge in [0, 0.05) is 24.1 Å². The van der Waals surface area contributed by atoms with Crippen LogP contribution in [0.25, 0.3) is 11.3 Å². The molecule has 0 N–H and O–H groups in total. The van der Waals surface area contributed by atoms with Crippen LogP contribution in [0.5, 0.6) is 0 Å². The summed E-state index contributed by atoms with van der Waals surface area (Å²) < 4.78 is 5.65. The molecule has 0 saturated heterocycles. The van der Waals surface area contributed by atoms with Crippen LogP contribution in [0.1, 0.15) is 19.1 Å². The SMILES string of the molecule is CCC(=O)N=c1cc(C)oc(-c2ccccc2)c1. The van der Waals surface area contributed by atoms with Gasteiger partial charge >= 0.3 is 0 Å². The highest BCUT2D eigenvalue weighted by atomic mass is 16.3. The van der Waals surface area contributed by atoms with Gasteiger partial charge in [0.15, 0.2) is 0 Å². The monoisotopic (exact) mass is 241 g/mol. The first kappa shape index (κ1) is 12.3. The number of hydrogen-bond donors (Lipinski definition) is 0. The number of benzene rings is 1. The lowest BCUT2D eigenvalue weighted by atomic mass is 10.1. The van der Waals surface area contributed by atoms with E-state index >= 15 is 0 Å². The van der Waals surface area contributed by atoms with Crippen molar-refractivity contribution in [3.8, 4) is 11.3 Å². The summed E-state index contributed by atoms with van der Waals surface area (Å²) in [4.78, 5) is 15.4. The van der Waals surface area contributed by atoms with Gasteiger partial charge in [-0.15, -0.1) is 0 Å². The molecule has 1 aromatic carbocycles. The van der Waals surface area contributed by atoms with Crippen LogP contribution in [-0.4, -0.2) is 5.91 Å². The molecule has 0 aliphatic carbocycles. The van der Waals surface area contributed by atoms with Crippen molar-refractivity contribution in [1.29, 1.82) is 0 Å². The maximum atomic E-state index is 11.3. The van der Waals surface area contributed by atoms with Gasteiger partial charge in [-0.05, 0) is 6.92 Å². The molecule has 3 heteroatoms. The van der Waals surface area contributed by atoms with Gasteiger partial charge < -0.3 is 4.42 Å². The molecule has 92 valence electrons. The standard InChI is InChI=1S/C15H15NO2/c1-3-15(17)16-13-9-11(2)18-14(10-13)12-7-5-4-6-8-12/h4-10H,3H2,1-2H3. The van der Waals surface area contributed by atoms with Gasteiger partial charge in [0.2, 0.25) is 5.91 Å². The smallest absolute Gasteiger partial charge is 0.245 e. The molecule has 18 heavy (non-hydrogen) atoms. The average molecular weight is 241 g/mol. The molecule has 2 rings (SSSR count). The van der Waals surface area contributed by atoms with Gasteiger partial charge in [-0.25, -0.2) is 4.99 Å². The Labute approximate surface area is 106 Å². The molecule has 0 saturated carbocycles. The van der Waals surface area contributed by atoms with E-state index in [0.717, 1.165) is 17.1 Å². The Bertz CT molecular complexity index is 612. The molecule has 0 aliphatic heterocycles. The van der Waals surface area contributed by atoms with Crippen LogP contribution >= 0.6 is 0 Å². The average Bonchev–Trinajstić information content (AvgIpc) is 2.39. The maximum Gasteiger partial charge on any atom is 0.245 e. The summed E-state index contributed by atoms with van der Waals surface area (Å²) in [6, 6.07) is 13.3. The Balaban J connectivity index is 2.51. The fraction of sp³-hybridized carbons (Fsp3) is 0.200. The van der Waals surface area contributed by atoms with E-state index < -0.39 is 0 Å². The number of carbonyl (C=O) groups is 1. The van der Waals surface area contributed by atoms with Crippen molar-refractivity contribution >= 4 is 5.91 Å². The number of hydrogen-bond acceptors (Lipinski definition) is 2. The van der Waals surface area contributed by atoms with Crippen LogP contribution in [0.3, 0.4) is 0 Å². The number of aryl methyl sites for hydroxylation is 1. The molecule has 0 bridgehead atoms. The fourth-order valence-electron chi connectivity index (χ4n) is 1.65. The van der Waals surface area contributed by atoms with Gasteiger partial charge in [-0.3, -0.25) is 4.79 Å².